The Morgan fingerprint density at radius 1 is 1.12 bits per heavy atom. The van der Waals surface area contributed by atoms with Crippen LogP contribution in [0, 0.1) is 0 Å². The van der Waals surface area contributed by atoms with E-state index in [9.17, 15) is 0 Å². The Kier molecular flexibility index (Phi) is 5.07. The molecule has 1 N–H and O–H groups in total. The number of hydrogen-bond donors (Lipinski definition) is 1. The molecular formula is C13H26N2O. The zero-order valence-corrected chi connectivity index (χ0v) is 10.6. The SMILES string of the molecule is CN(CCNC1CCOCC1)C1CCCC1. The van der Waals surface area contributed by atoms with Crippen molar-refractivity contribution in [2.45, 2.75) is 50.6 Å². The molecule has 1 saturated carbocycles. The first-order chi connectivity index (χ1) is 7.86. The minimum atomic E-state index is 0.700. The van der Waals surface area contributed by atoms with Gasteiger partial charge in [-0.15, -0.1) is 0 Å². The summed E-state index contributed by atoms with van der Waals surface area (Å²) >= 11 is 0. The van der Waals surface area contributed by atoms with E-state index >= 15 is 0 Å². The molecule has 2 rings (SSSR count). The lowest BCUT2D eigenvalue weighted by atomic mass is 10.1. The molecule has 2 aliphatic rings. The fraction of sp³-hybridized carbons (Fsp3) is 1.00. The summed E-state index contributed by atoms with van der Waals surface area (Å²) in [6, 6.07) is 1.56. The van der Waals surface area contributed by atoms with E-state index < -0.39 is 0 Å². The number of hydrogen-bond acceptors (Lipinski definition) is 3. The first-order valence-corrected chi connectivity index (χ1v) is 6.87. The van der Waals surface area contributed by atoms with Crippen LogP contribution in [0.3, 0.4) is 0 Å². The van der Waals surface area contributed by atoms with E-state index in [0.29, 0.717) is 6.04 Å². The van der Waals surface area contributed by atoms with Crippen molar-refractivity contribution in [1.29, 1.82) is 0 Å². The van der Waals surface area contributed by atoms with Crippen molar-refractivity contribution in [2.24, 2.45) is 0 Å². The van der Waals surface area contributed by atoms with Gasteiger partial charge in [0.1, 0.15) is 0 Å². The molecule has 1 aliphatic heterocycles. The van der Waals surface area contributed by atoms with Crippen LogP contribution in [0.2, 0.25) is 0 Å². The predicted molar refractivity (Wildman–Crippen MR) is 66.7 cm³/mol. The average molecular weight is 226 g/mol. The quantitative estimate of drug-likeness (QED) is 0.771. The number of nitrogens with one attached hydrogen (secondary N) is 1. The van der Waals surface area contributed by atoms with Crippen LogP contribution in [0.25, 0.3) is 0 Å². The third-order valence-corrected chi connectivity index (χ3v) is 4.07. The highest BCUT2D eigenvalue weighted by Crippen LogP contribution is 2.21. The number of likely N-dealkylation sites (N-methyl/N-ethyl adjacent to an activating group) is 1. The molecule has 0 aromatic heterocycles. The standard InChI is InChI=1S/C13H26N2O/c1-15(13-4-2-3-5-13)9-8-14-12-6-10-16-11-7-12/h12-14H,2-11H2,1H3. The topological polar surface area (TPSA) is 24.5 Å². The average Bonchev–Trinajstić information content (AvgIpc) is 2.84. The van der Waals surface area contributed by atoms with Gasteiger partial charge < -0.3 is 15.0 Å². The van der Waals surface area contributed by atoms with Crippen molar-refractivity contribution in [3.63, 3.8) is 0 Å². The largest absolute Gasteiger partial charge is 0.381 e. The van der Waals surface area contributed by atoms with Crippen molar-refractivity contribution in [3.8, 4) is 0 Å². The van der Waals surface area contributed by atoms with E-state index in [1.54, 1.807) is 0 Å². The summed E-state index contributed by atoms with van der Waals surface area (Å²) in [6.07, 6.45) is 8.06. The van der Waals surface area contributed by atoms with Gasteiger partial charge in [-0.1, -0.05) is 12.8 Å². The van der Waals surface area contributed by atoms with Gasteiger partial charge in [0.05, 0.1) is 0 Å². The van der Waals surface area contributed by atoms with Crippen LogP contribution in [0.5, 0.6) is 0 Å². The number of ether oxygens (including phenoxy) is 1. The normalized spacial score (nSPS) is 24.4. The van der Waals surface area contributed by atoms with E-state index in [1.165, 1.54) is 45.1 Å². The van der Waals surface area contributed by atoms with Crippen molar-refractivity contribution in [2.75, 3.05) is 33.4 Å². The van der Waals surface area contributed by atoms with E-state index in [1.807, 2.05) is 0 Å². The molecule has 0 aromatic rings. The summed E-state index contributed by atoms with van der Waals surface area (Å²) in [5.41, 5.74) is 0. The van der Waals surface area contributed by atoms with Crippen LogP contribution in [0.4, 0.5) is 0 Å². The van der Waals surface area contributed by atoms with Gasteiger partial charge >= 0.3 is 0 Å². The second-order valence-corrected chi connectivity index (χ2v) is 5.26. The van der Waals surface area contributed by atoms with Crippen molar-refractivity contribution in [1.82, 2.24) is 10.2 Å². The molecular weight excluding hydrogens is 200 g/mol. The Bertz CT molecular complexity index is 186. The molecule has 0 spiro atoms. The molecule has 0 radical (unpaired) electrons. The molecule has 0 aromatic carbocycles. The van der Waals surface area contributed by atoms with Gasteiger partial charge in [0.15, 0.2) is 0 Å². The second-order valence-electron chi connectivity index (χ2n) is 5.26. The Morgan fingerprint density at radius 3 is 2.50 bits per heavy atom. The van der Waals surface area contributed by atoms with Crippen LogP contribution in [0.1, 0.15) is 38.5 Å². The maximum Gasteiger partial charge on any atom is 0.0480 e. The van der Waals surface area contributed by atoms with Gasteiger partial charge in [0.2, 0.25) is 0 Å². The summed E-state index contributed by atoms with van der Waals surface area (Å²) in [7, 11) is 2.28. The molecule has 1 aliphatic carbocycles. The minimum Gasteiger partial charge on any atom is -0.381 e. The van der Waals surface area contributed by atoms with Crippen LogP contribution in [-0.2, 0) is 4.74 Å². The first kappa shape index (κ1) is 12.3. The summed E-state index contributed by atoms with van der Waals surface area (Å²) in [4.78, 5) is 2.54. The van der Waals surface area contributed by atoms with E-state index in [4.69, 9.17) is 4.74 Å². The molecule has 0 bridgehead atoms. The smallest absolute Gasteiger partial charge is 0.0480 e. The molecule has 0 atom stereocenters. The fourth-order valence-corrected chi connectivity index (χ4v) is 2.87. The lowest BCUT2D eigenvalue weighted by Crippen LogP contribution is -2.41. The van der Waals surface area contributed by atoms with Crippen molar-refractivity contribution < 1.29 is 4.74 Å². The number of nitrogens with zero attached hydrogens (tertiary/aromatic N) is 1. The van der Waals surface area contributed by atoms with E-state index in [2.05, 4.69) is 17.3 Å². The molecule has 0 unspecified atom stereocenters. The summed E-state index contributed by atoms with van der Waals surface area (Å²) in [5.74, 6) is 0. The Balaban J connectivity index is 1.56. The minimum absolute atomic E-state index is 0.700. The monoisotopic (exact) mass is 226 g/mol. The summed E-state index contributed by atoms with van der Waals surface area (Å²) in [5, 5.41) is 3.65. The maximum atomic E-state index is 5.36. The van der Waals surface area contributed by atoms with Gasteiger partial charge in [-0.3, -0.25) is 0 Å². The third-order valence-electron chi connectivity index (χ3n) is 4.07. The maximum absolute atomic E-state index is 5.36. The van der Waals surface area contributed by atoms with Crippen LogP contribution < -0.4 is 5.32 Å². The fourth-order valence-electron chi connectivity index (χ4n) is 2.87. The highest BCUT2D eigenvalue weighted by atomic mass is 16.5. The first-order valence-electron chi connectivity index (χ1n) is 6.87. The molecule has 16 heavy (non-hydrogen) atoms. The van der Waals surface area contributed by atoms with Crippen molar-refractivity contribution in [3.05, 3.63) is 0 Å². The third kappa shape index (κ3) is 3.72. The zero-order chi connectivity index (χ0) is 11.2. The molecule has 0 amide bonds. The van der Waals surface area contributed by atoms with Crippen LogP contribution in [0.15, 0.2) is 0 Å². The summed E-state index contributed by atoms with van der Waals surface area (Å²) < 4.78 is 5.36. The number of rotatable bonds is 5. The second kappa shape index (κ2) is 6.58. The van der Waals surface area contributed by atoms with Crippen LogP contribution in [-0.4, -0.2) is 50.3 Å². The Morgan fingerprint density at radius 2 is 1.81 bits per heavy atom. The van der Waals surface area contributed by atoms with Gasteiger partial charge in [0.25, 0.3) is 0 Å². The Hall–Kier alpha value is -0.120. The van der Waals surface area contributed by atoms with E-state index in [0.717, 1.165) is 25.8 Å². The lowest BCUT2D eigenvalue weighted by Gasteiger charge is -2.27. The Labute approximate surface area is 99.5 Å². The predicted octanol–water partition coefficient (Wildman–Crippen LogP) is 1.63. The molecule has 3 nitrogen and oxygen atoms in total. The van der Waals surface area contributed by atoms with Gasteiger partial charge in [-0.2, -0.15) is 0 Å². The molecule has 94 valence electrons. The molecule has 2 fully saturated rings. The van der Waals surface area contributed by atoms with Crippen LogP contribution >= 0.6 is 0 Å². The highest BCUT2D eigenvalue weighted by molar-refractivity contribution is 4.76. The molecule has 3 heteroatoms. The van der Waals surface area contributed by atoms with Gasteiger partial charge in [-0.05, 0) is 32.7 Å². The lowest BCUT2D eigenvalue weighted by molar-refractivity contribution is 0.0770. The summed E-state index contributed by atoms with van der Waals surface area (Å²) in [6.45, 7) is 4.21. The van der Waals surface area contributed by atoms with Gasteiger partial charge in [-0.25, -0.2) is 0 Å². The highest BCUT2D eigenvalue weighted by Gasteiger charge is 2.19. The van der Waals surface area contributed by atoms with Gasteiger partial charge in [0, 0.05) is 38.4 Å². The molecule has 1 heterocycles. The van der Waals surface area contributed by atoms with Crippen molar-refractivity contribution >= 4 is 0 Å². The van der Waals surface area contributed by atoms with E-state index in [-0.39, 0.29) is 0 Å². The zero-order valence-electron chi connectivity index (χ0n) is 10.6. The molecule has 1 saturated heterocycles.